The highest BCUT2D eigenvalue weighted by molar-refractivity contribution is 9.10. The molecule has 0 spiro atoms. The van der Waals surface area contributed by atoms with Crippen molar-refractivity contribution < 1.29 is 0 Å². The van der Waals surface area contributed by atoms with Crippen LogP contribution < -0.4 is 4.90 Å². The number of aryl methyl sites for hydroxylation is 2. The first-order valence-electron chi connectivity index (χ1n) is 7.39. The molecule has 0 saturated carbocycles. The van der Waals surface area contributed by atoms with Crippen LogP contribution in [0, 0.1) is 25.2 Å². The van der Waals surface area contributed by atoms with E-state index in [0.29, 0.717) is 12.1 Å². The maximum absolute atomic E-state index is 9.00. The molecule has 4 nitrogen and oxygen atoms in total. The first-order valence-corrected chi connectivity index (χ1v) is 9.00. The molecule has 2 heterocycles. The zero-order valence-corrected chi connectivity index (χ0v) is 15.7. The van der Waals surface area contributed by atoms with Gasteiger partial charge in [0.05, 0.1) is 29.6 Å². The number of halogens is 1. The fourth-order valence-corrected chi connectivity index (χ4v) is 3.38. The van der Waals surface area contributed by atoms with Crippen molar-refractivity contribution in [2.75, 3.05) is 4.90 Å². The second-order valence-electron chi connectivity index (χ2n) is 5.35. The van der Waals surface area contributed by atoms with Crippen molar-refractivity contribution in [1.82, 2.24) is 9.97 Å². The van der Waals surface area contributed by atoms with Crippen LogP contribution in [0.5, 0.6) is 0 Å². The van der Waals surface area contributed by atoms with Crippen molar-refractivity contribution in [2.24, 2.45) is 0 Å². The van der Waals surface area contributed by atoms with Crippen LogP contribution in [0.25, 0.3) is 0 Å². The van der Waals surface area contributed by atoms with Crippen LogP contribution >= 0.6 is 27.3 Å². The number of aromatic nitrogens is 2. The Labute approximate surface area is 153 Å². The summed E-state index contributed by atoms with van der Waals surface area (Å²) in [6.45, 7) is 4.71. The Kier molecular flexibility index (Phi) is 4.93. The molecule has 3 aromatic rings. The fourth-order valence-electron chi connectivity index (χ4n) is 2.22. The van der Waals surface area contributed by atoms with Gasteiger partial charge in [-0.05, 0) is 66.2 Å². The first kappa shape index (κ1) is 16.6. The lowest BCUT2D eigenvalue weighted by Crippen LogP contribution is -2.17. The fraction of sp³-hybridized carbons (Fsp3) is 0.167. The van der Waals surface area contributed by atoms with Crippen LogP contribution in [-0.4, -0.2) is 9.97 Å². The summed E-state index contributed by atoms with van der Waals surface area (Å²) in [4.78, 5) is 12.5. The molecule has 0 aliphatic heterocycles. The van der Waals surface area contributed by atoms with Crippen molar-refractivity contribution in [3.63, 3.8) is 0 Å². The molecule has 120 valence electrons. The van der Waals surface area contributed by atoms with Gasteiger partial charge in [-0.3, -0.25) is 4.98 Å². The average molecular weight is 399 g/mol. The van der Waals surface area contributed by atoms with E-state index < -0.39 is 0 Å². The third-order valence-corrected chi connectivity index (χ3v) is 5.23. The van der Waals surface area contributed by atoms with Gasteiger partial charge in [0.25, 0.3) is 0 Å². The number of nitriles is 1. The SMILES string of the molecule is Cc1nc(N(Cc2ccc(Br)cn2)c2ccc(C#N)cc2)sc1C. The Morgan fingerprint density at radius 3 is 2.46 bits per heavy atom. The maximum Gasteiger partial charge on any atom is 0.190 e. The van der Waals surface area contributed by atoms with Crippen molar-refractivity contribution in [3.05, 3.63) is 68.9 Å². The molecule has 0 amide bonds. The summed E-state index contributed by atoms with van der Waals surface area (Å²) in [5, 5.41) is 9.93. The van der Waals surface area contributed by atoms with E-state index in [1.54, 1.807) is 17.5 Å². The number of anilines is 2. The maximum atomic E-state index is 9.00. The van der Waals surface area contributed by atoms with Gasteiger partial charge in [0.1, 0.15) is 0 Å². The Balaban J connectivity index is 1.99. The molecule has 0 atom stereocenters. The standard InChI is InChI=1S/C18H15BrN4S/c1-12-13(2)24-18(22-12)23(11-16-6-5-15(19)10-21-16)17-7-3-14(9-20)4-8-17/h3-8,10H,11H2,1-2H3. The molecule has 1 aromatic carbocycles. The topological polar surface area (TPSA) is 52.8 Å². The van der Waals surface area contributed by atoms with Crippen LogP contribution in [0.1, 0.15) is 21.8 Å². The van der Waals surface area contributed by atoms with E-state index in [0.717, 1.165) is 26.7 Å². The second kappa shape index (κ2) is 7.12. The summed E-state index contributed by atoms with van der Waals surface area (Å²) in [6.07, 6.45) is 1.80. The molecule has 0 saturated heterocycles. The number of pyridine rings is 1. The third kappa shape index (κ3) is 3.64. The molecule has 0 N–H and O–H groups in total. The normalized spacial score (nSPS) is 10.4. The van der Waals surface area contributed by atoms with Crippen molar-refractivity contribution in [3.8, 4) is 6.07 Å². The summed E-state index contributed by atoms with van der Waals surface area (Å²) in [5.41, 5.74) is 3.63. The van der Waals surface area contributed by atoms with E-state index in [-0.39, 0.29) is 0 Å². The minimum atomic E-state index is 0.617. The summed E-state index contributed by atoms with van der Waals surface area (Å²) in [6, 6.07) is 13.7. The van der Waals surface area contributed by atoms with Gasteiger partial charge in [-0.1, -0.05) is 0 Å². The minimum absolute atomic E-state index is 0.617. The van der Waals surface area contributed by atoms with Gasteiger partial charge in [0, 0.05) is 21.2 Å². The zero-order chi connectivity index (χ0) is 17.1. The number of benzene rings is 1. The number of hydrogen-bond acceptors (Lipinski definition) is 5. The smallest absolute Gasteiger partial charge is 0.190 e. The highest BCUT2D eigenvalue weighted by Gasteiger charge is 2.16. The van der Waals surface area contributed by atoms with Crippen molar-refractivity contribution in [1.29, 1.82) is 5.26 Å². The summed E-state index contributed by atoms with van der Waals surface area (Å²) < 4.78 is 0.956. The monoisotopic (exact) mass is 398 g/mol. The van der Waals surface area contributed by atoms with Gasteiger partial charge in [0.2, 0.25) is 0 Å². The third-order valence-electron chi connectivity index (χ3n) is 3.66. The van der Waals surface area contributed by atoms with E-state index in [1.165, 1.54) is 4.88 Å². The van der Waals surface area contributed by atoms with E-state index in [2.05, 4.69) is 43.8 Å². The predicted octanol–water partition coefficient (Wildman–Crippen LogP) is 5.13. The highest BCUT2D eigenvalue weighted by Crippen LogP contribution is 2.32. The van der Waals surface area contributed by atoms with Crippen LogP contribution in [0.3, 0.4) is 0 Å². The van der Waals surface area contributed by atoms with Gasteiger partial charge < -0.3 is 4.90 Å². The largest absolute Gasteiger partial charge is 0.312 e. The van der Waals surface area contributed by atoms with E-state index >= 15 is 0 Å². The lowest BCUT2D eigenvalue weighted by atomic mass is 10.2. The lowest BCUT2D eigenvalue weighted by molar-refractivity contribution is 0.915. The van der Waals surface area contributed by atoms with Gasteiger partial charge in [-0.25, -0.2) is 4.98 Å². The summed E-state index contributed by atoms with van der Waals surface area (Å²) >= 11 is 5.08. The molecule has 24 heavy (non-hydrogen) atoms. The number of thiazole rings is 1. The second-order valence-corrected chi connectivity index (χ2v) is 7.45. The molecule has 0 unspecified atom stereocenters. The molecule has 6 heteroatoms. The average Bonchev–Trinajstić information content (AvgIpc) is 2.93. The molecule has 0 radical (unpaired) electrons. The summed E-state index contributed by atoms with van der Waals surface area (Å²) in [5.74, 6) is 0. The Hall–Kier alpha value is -2.23. The molecule has 3 rings (SSSR count). The predicted molar refractivity (Wildman–Crippen MR) is 101 cm³/mol. The lowest BCUT2D eigenvalue weighted by Gasteiger charge is -2.21. The highest BCUT2D eigenvalue weighted by atomic mass is 79.9. The molecule has 0 bridgehead atoms. The van der Waals surface area contributed by atoms with Gasteiger partial charge in [-0.2, -0.15) is 5.26 Å². The molecular weight excluding hydrogens is 384 g/mol. The number of nitrogens with zero attached hydrogens (tertiary/aromatic N) is 4. The summed E-state index contributed by atoms with van der Waals surface area (Å²) in [7, 11) is 0. The van der Waals surface area contributed by atoms with Crippen molar-refractivity contribution in [2.45, 2.75) is 20.4 Å². The van der Waals surface area contributed by atoms with Gasteiger partial charge >= 0.3 is 0 Å². The van der Waals surface area contributed by atoms with Gasteiger partial charge in [0.15, 0.2) is 5.13 Å². The van der Waals surface area contributed by atoms with E-state index in [9.17, 15) is 0 Å². The minimum Gasteiger partial charge on any atom is -0.312 e. The van der Waals surface area contributed by atoms with E-state index in [1.807, 2.05) is 43.3 Å². The molecular formula is C18H15BrN4S. The van der Waals surface area contributed by atoms with Crippen LogP contribution in [0.15, 0.2) is 47.1 Å². The van der Waals surface area contributed by atoms with Crippen molar-refractivity contribution >= 4 is 38.1 Å². The quantitative estimate of drug-likeness (QED) is 0.611. The van der Waals surface area contributed by atoms with Gasteiger partial charge in [-0.15, -0.1) is 11.3 Å². The Morgan fingerprint density at radius 1 is 1.17 bits per heavy atom. The first-order chi connectivity index (χ1) is 11.6. The Morgan fingerprint density at radius 2 is 1.92 bits per heavy atom. The van der Waals surface area contributed by atoms with Crippen LogP contribution in [0.4, 0.5) is 10.8 Å². The Bertz CT molecular complexity index is 859. The zero-order valence-electron chi connectivity index (χ0n) is 13.3. The van der Waals surface area contributed by atoms with Crippen LogP contribution in [0.2, 0.25) is 0 Å². The molecule has 2 aromatic heterocycles. The molecule has 0 aliphatic carbocycles. The molecule has 0 aliphatic rings. The number of rotatable bonds is 4. The molecule has 0 fully saturated rings. The van der Waals surface area contributed by atoms with Crippen LogP contribution in [-0.2, 0) is 6.54 Å². The number of hydrogen-bond donors (Lipinski definition) is 0. The van der Waals surface area contributed by atoms with E-state index in [4.69, 9.17) is 5.26 Å².